The third-order valence-electron chi connectivity index (χ3n) is 6.11. The maximum absolute atomic E-state index is 13.0. The Kier molecular flexibility index (Phi) is 7.17. The Morgan fingerprint density at radius 2 is 1.59 bits per heavy atom. The summed E-state index contributed by atoms with van der Waals surface area (Å²) in [5.74, 6) is -0.770. The molecule has 7 nitrogen and oxygen atoms in total. The molecule has 0 unspecified atom stereocenters. The van der Waals surface area contributed by atoms with Crippen LogP contribution in [0.1, 0.15) is 42.5 Å². The highest BCUT2D eigenvalue weighted by molar-refractivity contribution is 7.92. The van der Waals surface area contributed by atoms with E-state index < -0.39 is 22.5 Å². The molecular formula is C26H29N3O4S. The monoisotopic (exact) mass is 479 g/mol. The van der Waals surface area contributed by atoms with Gasteiger partial charge in [0.2, 0.25) is 15.9 Å². The number of hydrogen-bond acceptors (Lipinski definition) is 4. The normalized spacial score (nSPS) is 14.5. The second kappa shape index (κ2) is 10.3. The summed E-state index contributed by atoms with van der Waals surface area (Å²) in [5.41, 5.74) is 1.14. The van der Waals surface area contributed by atoms with E-state index in [1.54, 1.807) is 36.4 Å². The summed E-state index contributed by atoms with van der Waals surface area (Å²) in [5, 5.41) is 7.41. The van der Waals surface area contributed by atoms with Crippen molar-refractivity contribution in [3.8, 4) is 0 Å². The maximum atomic E-state index is 13.0. The Morgan fingerprint density at radius 3 is 2.35 bits per heavy atom. The number of carbonyl (C=O) groups is 2. The van der Waals surface area contributed by atoms with Crippen molar-refractivity contribution in [2.75, 3.05) is 22.4 Å². The van der Waals surface area contributed by atoms with E-state index in [0.717, 1.165) is 47.0 Å². The largest absolute Gasteiger partial charge is 0.349 e. The van der Waals surface area contributed by atoms with Crippen molar-refractivity contribution in [1.82, 2.24) is 5.32 Å². The van der Waals surface area contributed by atoms with Crippen LogP contribution >= 0.6 is 0 Å². The molecule has 0 spiro atoms. The van der Waals surface area contributed by atoms with Crippen molar-refractivity contribution < 1.29 is 18.0 Å². The van der Waals surface area contributed by atoms with Crippen LogP contribution in [0.25, 0.3) is 10.8 Å². The number of rotatable bonds is 7. The van der Waals surface area contributed by atoms with Crippen LogP contribution < -0.4 is 14.9 Å². The molecule has 0 radical (unpaired) electrons. The molecular weight excluding hydrogens is 450 g/mol. The van der Waals surface area contributed by atoms with Crippen LogP contribution in [0.15, 0.2) is 66.7 Å². The molecule has 0 heterocycles. The highest BCUT2D eigenvalue weighted by Gasteiger charge is 2.24. The van der Waals surface area contributed by atoms with Crippen LogP contribution in [0.3, 0.4) is 0 Å². The quantitative estimate of drug-likeness (QED) is 0.528. The summed E-state index contributed by atoms with van der Waals surface area (Å²) in [6.07, 6.45) is 6.36. The van der Waals surface area contributed by atoms with Gasteiger partial charge in [0.05, 0.1) is 23.2 Å². The number of benzene rings is 3. The molecule has 3 aromatic carbocycles. The van der Waals surface area contributed by atoms with E-state index in [4.69, 9.17) is 0 Å². The zero-order valence-corrected chi connectivity index (χ0v) is 20.0. The lowest BCUT2D eigenvalue weighted by molar-refractivity contribution is -0.114. The van der Waals surface area contributed by atoms with Gasteiger partial charge in [-0.3, -0.25) is 13.9 Å². The second-order valence-corrected chi connectivity index (χ2v) is 10.6. The molecule has 34 heavy (non-hydrogen) atoms. The Hall–Kier alpha value is -3.39. The van der Waals surface area contributed by atoms with Gasteiger partial charge in [-0.05, 0) is 36.4 Å². The topological polar surface area (TPSA) is 95.6 Å². The van der Waals surface area contributed by atoms with Crippen LogP contribution in [0, 0.1) is 0 Å². The molecule has 1 saturated carbocycles. The number of anilines is 2. The third-order valence-corrected chi connectivity index (χ3v) is 7.24. The highest BCUT2D eigenvalue weighted by Crippen LogP contribution is 2.28. The lowest BCUT2D eigenvalue weighted by atomic mass is 9.95. The molecule has 4 rings (SSSR count). The summed E-state index contributed by atoms with van der Waals surface area (Å²) in [7, 11) is -3.75. The average Bonchev–Trinajstić information content (AvgIpc) is 2.82. The molecule has 0 bridgehead atoms. The van der Waals surface area contributed by atoms with Gasteiger partial charge in [-0.25, -0.2) is 8.42 Å². The Labute approximate surface area is 200 Å². The Balaban J connectivity index is 1.55. The fourth-order valence-corrected chi connectivity index (χ4v) is 5.30. The van der Waals surface area contributed by atoms with Gasteiger partial charge in [-0.2, -0.15) is 0 Å². The molecule has 1 aliphatic rings. The first-order valence-electron chi connectivity index (χ1n) is 11.5. The van der Waals surface area contributed by atoms with Gasteiger partial charge in [-0.15, -0.1) is 0 Å². The number of hydrogen-bond donors (Lipinski definition) is 2. The van der Waals surface area contributed by atoms with Gasteiger partial charge in [0, 0.05) is 11.4 Å². The van der Waals surface area contributed by atoms with Crippen LogP contribution in [0.4, 0.5) is 11.4 Å². The summed E-state index contributed by atoms with van der Waals surface area (Å²) >= 11 is 0. The van der Waals surface area contributed by atoms with E-state index in [1.165, 1.54) is 6.42 Å². The standard InChI is InChI=1S/C26H29N3O4S/c1-34(32,33)29(24-17-9-11-19-10-5-6-14-21(19)24)18-25(30)28-23-16-8-7-15-22(23)26(31)27-20-12-3-2-4-13-20/h5-11,14-17,20H,2-4,12-13,18H2,1H3,(H,27,31)(H,28,30). The average molecular weight is 480 g/mol. The molecule has 8 heteroatoms. The van der Waals surface area contributed by atoms with Crippen molar-refractivity contribution in [3.63, 3.8) is 0 Å². The van der Waals surface area contributed by atoms with Gasteiger partial charge in [0.1, 0.15) is 6.54 Å². The van der Waals surface area contributed by atoms with Gasteiger partial charge in [0.25, 0.3) is 5.91 Å². The number of amides is 2. The second-order valence-electron chi connectivity index (χ2n) is 8.67. The predicted octanol–water partition coefficient (Wildman–Crippen LogP) is 4.31. The fraction of sp³-hybridized carbons (Fsp3) is 0.308. The first-order chi connectivity index (χ1) is 16.3. The SMILES string of the molecule is CS(=O)(=O)N(CC(=O)Nc1ccccc1C(=O)NC1CCCCC1)c1cccc2ccccc12. The van der Waals surface area contributed by atoms with Crippen molar-refractivity contribution in [2.24, 2.45) is 0 Å². The molecule has 0 saturated heterocycles. The molecule has 0 atom stereocenters. The Morgan fingerprint density at radius 1 is 0.912 bits per heavy atom. The van der Waals surface area contributed by atoms with Crippen molar-refractivity contribution in [1.29, 1.82) is 0 Å². The number of para-hydroxylation sites is 1. The number of nitrogens with one attached hydrogen (secondary N) is 2. The predicted molar refractivity (Wildman–Crippen MR) is 136 cm³/mol. The van der Waals surface area contributed by atoms with Crippen molar-refractivity contribution in [2.45, 2.75) is 38.1 Å². The van der Waals surface area contributed by atoms with Crippen molar-refractivity contribution in [3.05, 3.63) is 72.3 Å². The first-order valence-corrected chi connectivity index (χ1v) is 13.3. The molecule has 0 aliphatic heterocycles. The van der Waals surface area contributed by atoms with Gasteiger partial charge in [-0.1, -0.05) is 67.8 Å². The summed E-state index contributed by atoms with van der Waals surface area (Å²) in [6.45, 7) is -0.411. The van der Waals surface area contributed by atoms with Gasteiger partial charge in [0.15, 0.2) is 0 Å². The minimum atomic E-state index is -3.75. The van der Waals surface area contributed by atoms with Crippen molar-refractivity contribution >= 4 is 44.0 Å². The zero-order chi connectivity index (χ0) is 24.1. The maximum Gasteiger partial charge on any atom is 0.253 e. The molecule has 0 aromatic heterocycles. The molecule has 1 aliphatic carbocycles. The lowest BCUT2D eigenvalue weighted by Crippen LogP contribution is -2.38. The number of nitrogens with zero attached hydrogens (tertiary/aromatic N) is 1. The lowest BCUT2D eigenvalue weighted by Gasteiger charge is -2.24. The van der Waals surface area contributed by atoms with E-state index in [-0.39, 0.29) is 11.9 Å². The molecule has 2 N–H and O–H groups in total. The molecule has 3 aromatic rings. The molecule has 1 fully saturated rings. The van der Waals surface area contributed by atoms with Crippen LogP contribution in [-0.2, 0) is 14.8 Å². The third kappa shape index (κ3) is 5.56. The van der Waals surface area contributed by atoms with E-state index in [1.807, 2.05) is 30.3 Å². The van der Waals surface area contributed by atoms with Gasteiger partial charge < -0.3 is 10.6 Å². The zero-order valence-electron chi connectivity index (χ0n) is 19.2. The summed E-state index contributed by atoms with van der Waals surface area (Å²) in [4.78, 5) is 25.9. The smallest absolute Gasteiger partial charge is 0.253 e. The number of carbonyl (C=O) groups excluding carboxylic acids is 2. The molecule has 178 valence electrons. The minimum Gasteiger partial charge on any atom is -0.349 e. The molecule has 2 amide bonds. The first kappa shape index (κ1) is 23.8. The Bertz CT molecular complexity index is 1290. The fourth-order valence-electron chi connectivity index (χ4n) is 4.43. The number of fused-ring (bicyclic) bond motifs is 1. The van der Waals surface area contributed by atoms with E-state index in [2.05, 4.69) is 10.6 Å². The highest BCUT2D eigenvalue weighted by atomic mass is 32.2. The van der Waals surface area contributed by atoms with E-state index in [0.29, 0.717) is 16.9 Å². The van der Waals surface area contributed by atoms with E-state index in [9.17, 15) is 18.0 Å². The van der Waals surface area contributed by atoms with Crippen LogP contribution in [0.2, 0.25) is 0 Å². The number of sulfonamides is 1. The van der Waals surface area contributed by atoms with Gasteiger partial charge >= 0.3 is 0 Å². The minimum absolute atomic E-state index is 0.136. The van der Waals surface area contributed by atoms with Crippen LogP contribution in [0.5, 0.6) is 0 Å². The summed E-state index contributed by atoms with van der Waals surface area (Å²) < 4.78 is 26.4. The van der Waals surface area contributed by atoms with E-state index >= 15 is 0 Å². The van der Waals surface area contributed by atoms with Crippen LogP contribution in [-0.4, -0.2) is 39.1 Å². The summed E-state index contributed by atoms with van der Waals surface area (Å²) in [6, 6.07) is 19.7.